The molecule has 2 aromatic heterocycles. The van der Waals surface area contributed by atoms with Crippen LogP contribution in [0.5, 0.6) is 0 Å². The van der Waals surface area contributed by atoms with E-state index >= 15 is 0 Å². The fraction of sp³-hybridized carbons (Fsp3) is 0.0714. The number of rotatable bonds is 1. The van der Waals surface area contributed by atoms with Gasteiger partial charge < -0.3 is 10.1 Å². The highest BCUT2D eigenvalue weighted by atomic mass is 16.4. The van der Waals surface area contributed by atoms with E-state index in [-0.39, 0.29) is 28.5 Å². The number of aromatic amines is 1. The van der Waals surface area contributed by atoms with Crippen molar-refractivity contribution in [2.75, 3.05) is 0 Å². The van der Waals surface area contributed by atoms with Crippen LogP contribution in [-0.2, 0) is 9.59 Å². The maximum atomic E-state index is 11.9. The van der Waals surface area contributed by atoms with Crippen LogP contribution in [0.2, 0.25) is 0 Å². The number of nitrogens with one attached hydrogen (secondary N) is 1. The molecule has 8 heteroatoms. The molecule has 0 bridgehead atoms. The summed E-state index contributed by atoms with van der Waals surface area (Å²) in [6.45, 7) is 1.73. The number of aromatic carboxylic acids is 1. The molecule has 1 aliphatic carbocycles. The molecule has 0 saturated heterocycles. The molecule has 0 aliphatic heterocycles. The van der Waals surface area contributed by atoms with Gasteiger partial charge in [-0.15, -0.1) is 0 Å². The number of carboxylic acids is 1. The van der Waals surface area contributed by atoms with Gasteiger partial charge in [0.05, 0.1) is 16.8 Å². The number of hydrogen-bond donors (Lipinski definition) is 2. The van der Waals surface area contributed by atoms with Gasteiger partial charge in [-0.3, -0.25) is 14.6 Å². The Hall–Kier alpha value is -3.38. The first kappa shape index (κ1) is 15.0. The number of aryl methyl sites for hydroxylation is 1. The fourth-order valence-electron chi connectivity index (χ4n) is 2.26. The van der Waals surface area contributed by atoms with E-state index in [1.807, 2.05) is 0 Å². The molecule has 1 aliphatic rings. The molecule has 0 amide bonds. The highest BCUT2D eigenvalue weighted by Gasteiger charge is 2.35. The minimum atomic E-state index is -1.17. The number of carbonyl (C=O) groups excluding carboxylic acids is 4. The minimum absolute atomic E-state index is 0.0473. The molecule has 0 aromatic carbocycles. The zero-order valence-corrected chi connectivity index (χ0v) is 11.2. The molecule has 110 valence electrons. The lowest BCUT2D eigenvalue weighted by Crippen LogP contribution is -2.23. The highest BCUT2D eigenvalue weighted by Crippen LogP contribution is 2.34. The van der Waals surface area contributed by atoms with Crippen molar-refractivity contribution in [3.63, 3.8) is 0 Å². The van der Waals surface area contributed by atoms with E-state index in [1.165, 1.54) is 18.3 Å². The van der Waals surface area contributed by atoms with Gasteiger partial charge in [0.25, 0.3) is 5.78 Å². The van der Waals surface area contributed by atoms with E-state index in [0.717, 1.165) is 0 Å². The van der Waals surface area contributed by atoms with Crippen molar-refractivity contribution >= 4 is 23.7 Å². The molecule has 0 radical (unpaired) electrons. The third-order valence-electron chi connectivity index (χ3n) is 3.05. The summed E-state index contributed by atoms with van der Waals surface area (Å²) in [5.41, 5.74) is 1.25. The first-order chi connectivity index (χ1) is 10.4. The van der Waals surface area contributed by atoms with E-state index < -0.39 is 17.5 Å². The summed E-state index contributed by atoms with van der Waals surface area (Å²) in [7, 11) is 0. The van der Waals surface area contributed by atoms with Crippen molar-refractivity contribution in [2.45, 2.75) is 6.92 Å². The van der Waals surface area contributed by atoms with Crippen LogP contribution in [0.3, 0.4) is 0 Å². The lowest BCUT2D eigenvalue weighted by atomic mass is 9.89. The maximum Gasteiger partial charge on any atom is 0.373 e. The van der Waals surface area contributed by atoms with Crippen LogP contribution in [0.25, 0.3) is 11.3 Å². The van der Waals surface area contributed by atoms with Crippen LogP contribution in [-0.4, -0.2) is 38.8 Å². The number of Topliss-reactive ketones (excluding diaryl/α,β-unsaturated/α-hetero) is 2. The average molecular weight is 300 g/mol. The smallest absolute Gasteiger partial charge is 0.373 e. The van der Waals surface area contributed by atoms with Crippen molar-refractivity contribution in [1.82, 2.24) is 9.97 Å². The first-order valence-electron chi connectivity index (χ1n) is 5.93. The summed E-state index contributed by atoms with van der Waals surface area (Å²) in [6.07, 6.45) is 1.47. The molecule has 2 heterocycles. The van der Waals surface area contributed by atoms with E-state index in [1.54, 1.807) is 6.92 Å². The van der Waals surface area contributed by atoms with Crippen molar-refractivity contribution in [1.29, 1.82) is 0 Å². The highest BCUT2D eigenvalue weighted by molar-refractivity contribution is 6.52. The third kappa shape index (κ3) is 2.23. The second kappa shape index (κ2) is 5.55. The van der Waals surface area contributed by atoms with Crippen LogP contribution in [0.15, 0.2) is 18.3 Å². The van der Waals surface area contributed by atoms with Gasteiger partial charge in [-0.2, -0.15) is 9.59 Å². The van der Waals surface area contributed by atoms with Crippen molar-refractivity contribution in [3.8, 4) is 11.3 Å². The van der Waals surface area contributed by atoms with Gasteiger partial charge in [0.15, 0.2) is 0 Å². The molecule has 0 atom stereocenters. The molecular weight excluding hydrogens is 292 g/mol. The molecule has 0 saturated carbocycles. The molecule has 0 fully saturated rings. The van der Waals surface area contributed by atoms with Crippen molar-refractivity contribution < 1.29 is 29.1 Å². The number of carboxylic acid groups (broad SMARTS) is 1. The lowest BCUT2D eigenvalue weighted by Gasteiger charge is -2.15. The number of fused-ring (bicyclic) bond motifs is 3. The van der Waals surface area contributed by atoms with Gasteiger partial charge in [-0.05, 0) is 19.1 Å². The second-order valence-electron chi connectivity index (χ2n) is 4.37. The van der Waals surface area contributed by atoms with E-state index in [0.29, 0.717) is 11.4 Å². The fourth-order valence-corrected chi connectivity index (χ4v) is 2.26. The SMILES string of the molecule is Cc1cc2c([nH]1)-c1c(C(=O)O)ccnc1C(=O)C2=O.O=C=O. The molecular formula is C14H8N2O6. The number of aromatic nitrogens is 2. The number of nitrogens with zero attached hydrogens (tertiary/aromatic N) is 1. The summed E-state index contributed by atoms with van der Waals surface area (Å²) < 4.78 is 0. The predicted molar refractivity (Wildman–Crippen MR) is 69.4 cm³/mol. The average Bonchev–Trinajstić information content (AvgIpc) is 2.86. The zero-order chi connectivity index (χ0) is 16.4. The molecule has 2 N–H and O–H groups in total. The largest absolute Gasteiger partial charge is 0.478 e. The Balaban J connectivity index is 0.000000545. The van der Waals surface area contributed by atoms with Crippen molar-refractivity contribution in [3.05, 3.63) is 40.8 Å². The summed E-state index contributed by atoms with van der Waals surface area (Å²) in [5.74, 6) is -2.61. The zero-order valence-electron chi connectivity index (χ0n) is 11.2. The minimum Gasteiger partial charge on any atom is -0.478 e. The molecule has 3 rings (SSSR count). The first-order valence-corrected chi connectivity index (χ1v) is 5.93. The van der Waals surface area contributed by atoms with Crippen LogP contribution in [0.1, 0.15) is 36.9 Å². The van der Waals surface area contributed by atoms with Crippen LogP contribution < -0.4 is 0 Å². The normalized spacial score (nSPS) is 11.7. The standard InChI is InChI=1S/C13H8N2O4.CO2/c1-5-4-7-9(15-5)8-6(13(18)19)2-3-14-10(8)12(17)11(7)16;2-1-3/h2-4,15H,1H3,(H,18,19);. The molecule has 0 spiro atoms. The Labute approximate surface area is 122 Å². The number of carbonyl (C=O) groups is 3. The summed E-state index contributed by atoms with van der Waals surface area (Å²) in [5, 5.41) is 9.19. The second-order valence-corrected chi connectivity index (χ2v) is 4.37. The number of H-pyrrole nitrogens is 1. The molecule has 8 nitrogen and oxygen atoms in total. The summed E-state index contributed by atoms with van der Waals surface area (Å²) in [4.78, 5) is 58.1. The van der Waals surface area contributed by atoms with Gasteiger partial charge in [0, 0.05) is 17.5 Å². The van der Waals surface area contributed by atoms with Crippen molar-refractivity contribution in [2.24, 2.45) is 0 Å². The van der Waals surface area contributed by atoms with Gasteiger partial charge in [0.1, 0.15) is 5.69 Å². The van der Waals surface area contributed by atoms with E-state index in [4.69, 9.17) is 9.59 Å². The number of hydrogen-bond acceptors (Lipinski definition) is 6. The molecule has 22 heavy (non-hydrogen) atoms. The Morgan fingerprint density at radius 1 is 1.27 bits per heavy atom. The maximum absolute atomic E-state index is 11.9. The topological polar surface area (TPSA) is 134 Å². The summed E-state index contributed by atoms with van der Waals surface area (Å²) >= 11 is 0. The number of ketones is 2. The van der Waals surface area contributed by atoms with E-state index in [9.17, 15) is 19.5 Å². The third-order valence-corrected chi connectivity index (χ3v) is 3.05. The summed E-state index contributed by atoms with van der Waals surface area (Å²) in [6, 6.07) is 2.85. The van der Waals surface area contributed by atoms with Gasteiger partial charge >= 0.3 is 12.1 Å². The van der Waals surface area contributed by atoms with Gasteiger partial charge in [-0.1, -0.05) is 0 Å². The van der Waals surface area contributed by atoms with Gasteiger partial charge in [-0.25, -0.2) is 4.79 Å². The Morgan fingerprint density at radius 2 is 1.91 bits per heavy atom. The van der Waals surface area contributed by atoms with Gasteiger partial charge in [0.2, 0.25) is 5.78 Å². The Bertz CT molecular complexity index is 843. The Kier molecular flexibility index (Phi) is 3.79. The molecule has 0 unspecified atom stereocenters. The Morgan fingerprint density at radius 3 is 2.50 bits per heavy atom. The van der Waals surface area contributed by atoms with Crippen LogP contribution in [0.4, 0.5) is 0 Å². The van der Waals surface area contributed by atoms with Crippen LogP contribution in [0, 0.1) is 6.92 Å². The quantitative estimate of drug-likeness (QED) is 0.746. The predicted octanol–water partition coefficient (Wildman–Crippen LogP) is 0.879. The number of pyridine rings is 1. The van der Waals surface area contributed by atoms with Crippen LogP contribution >= 0.6 is 0 Å². The van der Waals surface area contributed by atoms with E-state index in [2.05, 4.69) is 9.97 Å². The monoisotopic (exact) mass is 300 g/mol. The lowest BCUT2D eigenvalue weighted by molar-refractivity contribution is -0.191. The molecule has 2 aromatic rings.